The lowest BCUT2D eigenvalue weighted by Gasteiger charge is -2.35. The molecule has 0 atom stereocenters. The molecule has 2 fully saturated rings. The molecule has 1 saturated carbocycles. The van der Waals surface area contributed by atoms with E-state index in [2.05, 4.69) is 5.32 Å². The molecule has 2 aliphatic rings. The third-order valence-corrected chi connectivity index (χ3v) is 4.08. The Morgan fingerprint density at radius 1 is 1.29 bits per heavy atom. The van der Waals surface area contributed by atoms with Gasteiger partial charge in [0.25, 0.3) is 5.69 Å². The molecule has 1 aliphatic carbocycles. The van der Waals surface area contributed by atoms with Crippen molar-refractivity contribution in [3.8, 4) is 0 Å². The smallest absolute Gasteiger partial charge is 0.292 e. The van der Waals surface area contributed by atoms with Gasteiger partial charge in [0.15, 0.2) is 5.79 Å². The van der Waals surface area contributed by atoms with Crippen LogP contribution in [-0.2, 0) is 9.47 Å². The highest BCUT2D eigenvalue weighted by Gasteiger charge is 2.40. The van der Waals surface area contributed by atoms with Crippen molar-refractivity contribution in [3.63, 3.8) is 0 Å². The van der Waals surface area contributed by atoms with Gasteiger partial charge in [-0.25, -0.2) is 4.39 Å². The van der Waals surface area contributed by atoms with Gasteiger partial charge in [0.1, 0.15) is 11.5 Å². The number of ether oxygens (including phenoxy) is 2. The molecule has 0 radical (unpaired) electrons. The number of hydrogen-bond donors (Lipinski definition) is 1. The van der Waals surface area contributed by atoms with E-state index in [1.165, 1.54) is 12.1 Å². The SMILES string of the molecule is O=[N+]([O-])c1ccc(F)cc1NC1CCC2(CC1)OCCO2. The van der Waals surface area contributed by atoms with Crippen molar-refractivity contribution in [1.29, 1.82) is 0 Å². The average molecular weight is 296 g/mol. The lowest BCUT2D eigenvalue weighted by Crippen LogP contribution is -2.39. The summed E-state index contributed by atoms with van der Waals surface area (Å²) in [7, 11) is 0. The van der Waals surface area contributed by atoms with Crippen LogP contribution in [0.3, 0.4) is 0 Å². The Morgan fingerprint density at radius 2 is 1.95 bits per heavy atom. The molecule has 1 aromatic carbocycles. The van der Waals surface area contributed by atoms with Crippen LogP contribution in [0.5, 0.6) is 0 Å². The second-order valence-electron chi connectivity index (χ2n) is 5.44. The zero-order chi connectivity index (χ0) is 14.9. The van der Waals surface area contributed by atoms with Gasteiger partial charge in [-0.05, 0) is 18.9 Å². The molecule has 3 rings (SSSR count). The van der Waals surface area contributed by atoms with Crippen molar-refractivity contribution in [3.05, 3.63) is 34.1 Å². The Morgan fingerprint density at radius 3 is 2.57 bits per heavy atom. The molecule has 21 heavy (non-hydrogen) atoms. The van der Waals surface area contributed by atoms with Crippen LogP contribution in [-0.4, -0.2) is 30.0 Å². The van der Waals surface area contributed by atoms with Crippen molar-refractivity contribution in [2.75, 3.05) is 18.5 Å². The van der Waals surface area contributed by atoms with E-state index >= 15 is 0 Å². The second-order valence-corrected chi connectivity index (χ2v) is 5.44. The maximum Gasteiger partial charge on any atom is 0.292 e. The first kappa shape index (κ1) is 14.2. The van der Waals surface area contributed by atoms with Gasteiger partial charge in [0.05, 0.1) is 18.1 Å². The Balaban J connectivity index is 1.68. The summed E-state index contributed by atoms with van der Waals surface area (Å²) in [5.74, 6) is -0.954. The van der Waals surface area contributed by atoms with Gasteiger partial charge in [-0.2, -0.15) is 0 Å². The molecule has 0 unspecified atom stereocenters. The third-order valence-electron chi connectivity index (χ3n) is 4.08. The predicted molar refractivity (Wildman–Crippen MR) is 73.6 cm³/mol. The zero-order valence-electron chi connectivity index (χ0n) is 11.5. The Kier molecular flexibility index (Phi) is 3.77. The molecule has 1 spiro atoms. The van der Waals surface area contributed by atoms with E-state index in [1.54, 1.807) is 0 Å². The molecular formula is C14H17FN2O4. The van der Waals surface area contributed by atoms with Crippen LogP contribution in [0.15, 0.2) is 18.2 Å². The number of hydrogen-bond acceptors (Lipinski definition) is 5. The zero-order valence-corrected chi connectivity index (χ0v) is 11.5. The normalized spacial score (nSPS) is 21.6. The highest BCUT2D eigenvalue weighted by atomic mass is 19.1. The molecule has 0 aromatic heterocycles. The Labute approximate surface area is 121 Å². The van der Waals surface area contributed by atoms with E-state index in [4.69, 9.17) is 9.47 Å². The Hall–Kier alpha value is -1.73. The highest BCUT2D eigenvalue weighted by Crippen LogP contribution is 2.37. The van der Waals surface area contributed by atoms with Gasteiger partial charge in [-0.15, -0.1) is 0 Å². The van der Waals surface area contributed by atoms with E-state index in [0.29, 0.717) is 13.2 Å². The molecule has 1 aromatic rings. The van der Waals surface area contributed by atoms with Crippen molar-refractivity contribution >= 4 is 11.4 Å². The lowest BCUT2D eigenvalue weighted by molar-refractivity contribution is -0.384. The number of nitrogens with one attached hydrogen (secondary N) is 1. The van der Waals surface area contributed by atoms with Crippen LogP contribution in [0.2, 0.25) is 0 Å². The fraction of sp³-hybridized carbons (Fsp3) is 0.571. The van der Waals surface area contributed by atoms with Crippen LogP contribution < -0.4 is 5.32 Å². The minimum Gasteiger partial charge on any atom is -0.377 e. The van der Waals surface area contributed by atoms with Crippen LogP contribution >= 0.6 is 0 Å². The Bertz CT molecular complexity index is 536. The summed E-state index contributed by atoms with van der Waals surface area (Å²) < 4.78 is 24.6. The predicted octanol–water partition coefficient (Wildman–Crippen LogP) is 2.83. The van der Waals surface area contributed by atoms with Crippen molar-refractivity contribution in [2.24, 2.45) is 0 Å². The van der Waals surface area contributed by atoms with Gasteiger partial charge in [0, 0.05) is 31.0 Å². The summed E-state index contributed by atoms with van der Waals surface area (Å²) in [6.07, 6.45) is 3.03. The highest BCUT2D eigenvalue weighted by molar-refractivity contribution is 5.61. The summed E-state index contributed by atoms with van der Waals surface area (Å²) in [5.41, 5.74) is 0.124. The minimum atomic E-state index is -0.505. The summed E-state index contributed by atoms with van der Waals surface area (Å²) in [6.45, 7) is 1.24. The topological polar surface area (TPSA) is 73.6 Å². The molecule has 6 nitrogen and oxygen atoms in total. The number of benzene rings is 1. The summed E-state index contributed by atoms with van der Waals surface area (Å²) >= 11 is 0. The molecule has 1 saturated heterocycles. The lowest BCUT2D eigenvalue weighted by atomic mass is 9.90. The molecule has 0 amide bonds. The fourth-order valence-electron chi connectivity index (χ4n) is 2.99. The molecule has 1 heterocycles. The first-order valence-electron chi connectivity index (χ1n) is 7.06. The monoisotopic (exact) mass is 296 g/mol. The second kappa shape index (κ2) is 5.57. The van der Waals surface area contributed by atoms with E-state index < -0.39 is 16.5 Å². The van der Waals surface area contributed by atoms with Crippen LogP contribution in [0.4, 0.5) is 15.8 Å². The summed E-state index contributed by atoms with van der Waals surface area (Å²) in [6, 6.07) is 3.51. The molecule has 1 aliphatic heterocycles. The van der Waals surface area contributed by atoms with Crippen molar-refractivity contribution in [1.82, 2.24) is 0 Å². The number of rotatable bonds is 3. The first-order valence-corrected chi connectivity index (χ1v) is 7.06. The van der Waals surface area contributed by atoms with E-state index in [9.17, 15) is 14.5 Å². The van der Waals surface area contributed by atoms with Crippen molar-refractivity contribution in [2.45, 2.75) is 37.5 Å². The minimum absolute atomic E-state index is 0.0592. The van der Waals surface area contributed by atoms with Crippen molar-refractivity contribution < 1.29 is 18.8 Å². The van der Waals surface area contributed by atoms with E-state index in [0.717, 1.165) is 31.7 Å². The third kappa shape index (κ3) is 2.98. The quantitative estimate of drug-likeness (QED) is 0.686. The van der Waals surface area contributed by atoms with Gasteiger partial charge in [0.2, 0.25) is 0 Å². The summed E-state index contributed by atoms with van der Waals surface area (Å²) in [5, 5.41) is 14.1. The number of anilines is 1. The largest absolute Gasteiger partial charge is 0.377 e. The van der Waals surface area contributed by atoms with E-state index in [1.807, 2.05) is 0 Å². The van der Waals surface area contributed by atoms with Gasteiger partial charge < -0.3 is 14.8 Å². The maximum atomic E-state index is 13.3. The fourth-order valence-corrected chi connectivity index (χ4v) is 2.99. The van der Waals surface area contributed by atoms with Gasteiger partial charge in [-0.1, -0.05) is 0 Å². The van der Waals surface area contributed by atoms with Gasteiger partial charge >= 0.3 is 0 Å². The summed E-state index contributed by atoms with van der Waals surface area (Å²) in [4.78, 5) is 10.5. The number of nitro groups is 1. The van der Waals surface area contributed by atoms with Crippen LogP contribution in [0, 0.1) is 15.9 Å². The number of halogens is 1. The number of nitro benzene ring substituents is 1. The molecule has 1 N–H and O–H groups in total. The standard InChI is InChI=1S/C14H17FN2O4/c15-10-1-2-13(17(18)19)12(9-10)16-11-3-5-14(6-4-11)20-7-8-21-14/h1-2,9,11,16H,3-8H2. The van der Waals surface area contributed by atoms with E-state index in [-0.39, 0.29) is 17.4 Å². The van der Waals surface area contributed by atoms with Gasteiger partial charge in [-0.3, -0.25) is 10.1 Å². The average Bonchev–Trinajstić information content (AvgIpc) is 2.90. The molecular weight excluding hydrogens is 279 g/mol. The first-order chi connectivity index (χ1) is 10.1. The molecule has 0 bridgehead atoms. The molecule has 7 heteroatoms. The number of nitrogens with zero attached hydrogens (tertiary/aromatic N) is 1. The van der Waals surface area contributed by atoms with Crippen LogP contribution in [0.25, 0.3) is 0 Å². The van der Waals surface area contributed by atoms with Crippen LogP contribution in [0.1, 0.15) is 25.7 Å². The molecule has 114 valence electrons. The maximum absolute atomic E-state index is 13.3.